The van der Waals surface area contributed by atoms with Crippen molar-refractivity contribution < 1.29 is 23.0 Å². The number of fused-ring (bicyclic) bond motifs is 1. The Balaban J connectivity index is 1.85. The summed E-state index contributed by atoms with van der Waals surface area (Å²) >= 11 is 0. The van der Waals surface area contributed by atoms with Crippen LogP contribution in [0.15, 0.2) is 60.7 Å². The van der Waals surface area contributed by atoms with E-state index in [0.29, 0.717) is 24.5 Å². The van der Waals surface area contributed by atoms with Gasteiger partial charge in [-0.1, -0.05) is 18.2 Å². The molecule has 0 aromatic heterocycles. The van der Waals surface area contributed by atoms with Crippen LogP contribution in [0.4, 0.5) is 8.78 Å². The Hall–Kier alpha value is -3.41. The zero-order valence-corrected chi connectivity index (χ0v) is 16.7. The number of rotatable bonds is 4. The molecule has 4 nitrogen and oxygen atoms in total. The number of ether oxygens (including phenoxy) is 2. The highest BCUT2D eigenvalue weighted by atomic mass is 19.1. The van der Waals surface area contributed by atoms with Gasteiger partial charge in [0.1, 0.15) is 11.6 Å². The van der Waals surface area contributed by atoms with Crippen molar-refractivity contribution in [3.8, 4) is 11.5 Å². The van der Waals surface area contributed by atoms with Crippen LogP contribution in [0, 0.1) is 11.6 Å². The van der Waals surface area contributed by atoms with Crippen molar-refractivity contribution in [2.75, 3.05) is 20.8 Å². The lowest BCUT2D eigenvalue weighted by molar-refractivity contribution is 0.0693. The Bertz CT molecular complexity index is 1080. The van der Waals surface area contributed by atoms with Crippen molar-refractivity contribution in [3.05, 3.63) is 94.6 Å². The molecule has 0 N–H and O–H groups in total. The molecule has 1 atom stereocenters. The molecule has 0 saturated heterocycles. The summed E-state index contributed by atoms with van der Waals surface area (Å²) in [6.07, 6.45) is 0.606. The molecule has 0 aliphatic carbocycles. The number of benzene rings is 3. The van der Waals surface area contributed by atoms with Crippen molar-refractivity contribution in [3.63, 3.8) is 0 Å². The molecule has 0 radical (unpaired) electrons. The van der Waals surface area contributed by atoms with Gasteiger partial charge in [-0.05, 0) is 65.6 Å². The maximum atomic E-state index is 13.7. The fraction of sp³-hybridized carbons (Fsp3) is 0.208. The van der Waals surface area contributed by atoms with Crippen LogP contribution in [-0.2, 0) is 6.42 Å². The lowest BCUT2D eigenvalue weighted by atomic mass is 9.87. The van der Waals surface area contributed by atoms with Gasteiger partial charge in [-0.15, -0.1) is 0 Å². The first kappa shape index (κ1) is 19.9. The van der Waals surface area contributed by atoms with E-state index in [1.807, 2.05) is 12.1 Å². The molecule has 154 valence electrons. The fourth-order valence-corrected chi connectivity index (χ4v) is 3.96. The van der Waals surface area contributed by atoms with Crippen molar-refractivity contribution >= 4 is 5.91 Å². The van der Waals surface area contributed by atoms with E-state index in [4.69, 9.17) is 9.47 Å². The van der Waals surface area contributed by atoms with E-state index in [0.717, 1.165) is 16.7 Å². The van der Waals surface area contributed by atoms with E-state index in [9.17, 15) is 13.6 Å². The van der Waals surface area contributed by atoms with Crippen molar-refractivity contribution in [1.29, 1.82) is 0 Å². The summed E-state index contributed by atoms with van der Waals surface area (Å²) in [7, 11) is 3.12. The number of nitrogens with zero attached hydrogens (tertiary/aromatic N) is 1. The number of methoxy groups -OCH3 is 2. The molecule has 1 heterocycles. The molecule has 0 fully saturated rings. The number of hydrogen-bond donors (Lipinski definition) is 0. The van der Waals surface area contributed by atoms with E-state index >= 15 is 0 Å². The van der Waals surface area contributed by atoms with E-state index < -0.39 is 11.9 Å². The van der Waals surface area contributed by atoms with Crippen molar-refractivity contribution in [2.45, 2.75) is 12.5 Å². The monoisotopic (exact) mass is 409 g/mol. The second-order valence-electron chi connectivity index (χ2n) is 7.12. The van der Waals surface area contributed by atoms with Crippen LogP contribution >= 0.6 is 0 Å². The van der Waals surface area contributed by atoms with Gasteiger partial charge in [0.15, 0.2) is 11.5 Å². The fourth-order valence-electron chi connectivity index (χ4n) is 3.96. The average molecular weight is 409 g/mol. The molecule has 0 spiro atoms. The highest BCUT2D eigenvalue weighted by Crippen LogP contribution is 2.41. The summed E-state index contributed by atoms with van der Waals surface area (Å²) in [4.78, 5) is 15.0. The summed E-state index contributed by atoms with van der Waals surface area (Å²) in [6, 6.07) is 15.0. The first-order valence-corrected chi connectivity index (χ1v) is 9.58. The molecule has 0 unspecified atom stereocenters. The van der Waals surface area contributed by atoms with Gasteiger partial charge in [-0.2, -0.15) is 0 Å². The predicted octanol–water partition coefficient (Wildman–Crippen LogP) is 4.77. The number of amides is 1. The molecule has 1 amide bonds. The Morgan fingerprint density at radius 1 is 0.933 bits per heavy atom. The van der Waals surface area contributed by atoms with Crippen LogP contribution in [0.25, 0.3) is 0 Å². The molecule has 6 heteroatoms. The van der Waals surface area contributed by atoms with Crippen LogP contribution in [0.1, 0.15) is 33.1 Å². The van der Waals surface area contributed by atoms with Gasteiger partial charge in [-0.3, -0.25) is 4.79 Å². The highest BCUT2D eigenvalue weighted by molar-refractivity contribution is 5.95. The predicted molar refractivity (Wildman–Crippen MR) is 109 cm³/mol. The third kappa shape index (κ3) is 3.61. The largest absolute Gasteiger partial charge is 0.493 e. The molecule has 30 heavy (non-hydrogen) atoms. The van der Waals surface area contributed by atoms with Crippen molar-refractivity contribution in [2.24, 2.45) is 0 Å². The highest BCUT2D eigenvalue weighted by Gasteiger charge is 2.34. The number of hydrogen-bond acceptors (Lipinski definition) is 3. The molecule has 1 aliphatic rings. The summed E-state index contributed by atoms with van der Waals surface area (Å²) < 4.78 is 38.2. The summed E-state index contributed by atoms with van der Waals surface area (Å²) in [6.45, 7) is 0.430. The van der Waals surface area contributed by atoms with Gasteiger partial charge in [0, 0.05) is 12.1 Å². The zero-order valence-electron chi connectivity index (χ0n) is 16.7. The zero-order chi connectivity index (χ0) is 21.3. The van der Waals surface area contributed by atoms with Crippen molar-refractivity contribution in [1.82, 2.24) is 4.90 Å². The van der Waals surface area contributed by atoms with Crippen LogP contribution in [0.3, 0.4) is 0 Å². The molecule has 0 saturated carbocycles. The van der Waals surface area contributed by atoms with Gasteiger partial charge in [-0.25, -0.2) is 8.78 Å². The van der Waals surface area contributed by atoms with Gasteiger partial charge in [0.25, 0.3) is 5.91 Å². The number of carbonyl (C=O) groups is 1. The average Bonchev–Trinajstić information content (AvgIpc) is 2.77. The minimum atomic E-state index is -0.469. The maximum absolute atomic E-state index is 13.7. The van der Waals surface area contributed by atoms with E-state index in [1.54, 1.807) is 37.3 Å². The van der Waals surface area contributed by atoms with Gasteiger partial charge in [0.2, 0.25) is 0 Å². The first-order valence-electron chi connectivity index (χ1n) is 9.58. The van der Waals surface area contributed by atoms with Gasteiger partial charge in [0.05, 0.1) is 20.3 Å². The maximum Gasteiger partial charge on any atom is 0.254 e. The normalized spacial score (nSPS) is 15.5. The lowest BCUT2D eigenvalue weighted by Gasteiger charge is -2.38. The van der Waals surface area contributed by atoms with E-state index in [2.05, 4.69) is 0 Å². The molecular weight excluding hydrogens is 388 g/mol. The minimum absolute atomic E-state index is 0.269. The number of halogens is 2. The molecule has 4 rings (SSSR count). The SMILES string of the molecule is COc1cc2c(cc1OC)[C@@H](c1ccc(F)cc1)N(C(=O)c1cccc(F)c1)CC2. The molecule has 1 aliphatic heterocycles. The smallest absolute Gasteiger partial charge is 0.254 e. The molecule has 3 aromatic carbocycles. The Morgan fingerprint density at radius 3 is 2.30 bits per heavy atom. The minimum Gasteiger partial charge on any atom is -0.493 e. The second-order valence-corrected chi connectivity index (χ2v) is 7.12. The van der Waals surface area contributed by atoms with Crippen LogP contribution in [-0.4, -0.2) is 31.6 Å². The second kappa shape index (κ2) is 8.14. The standard InChI is InChI=1S/C24H21F2NO3/c1-29-21-13-16-10-11-27(24(28)17-4-3-5-19(26)12-17)23(20(16)14-22(21)30-2)15-6-8-18(25)9-7-15/h3-9,12-14,23H,10-11H2,1-2H3/t23-/m1/s1. The topological polar surface area (TPSA) is 38.8 Å². The van der Waals surface area contributed by atoms with Gasteiger partial charge >= 0.3 is 0 Å². The Kier molecular flexibility index (Phi) is 5.40. The number of carbonyl (C=O) groups excluding carboxylic acids is 1. The van der Waals surface area contributed by atoms with Crippen LogP contribution in [0.2, 0.25) is 0 Å². The lowest BCUT2D eigenvalue weighted by Crippen LogP contribution is -2.40. The molecule has 0 bridgehead atoms. The first-order chi connectivity index (χ1) is 14.5. The quantitative estimate of drug-likeness (QED) is 0.623. The van der Waals surface area contributed by atoms with E-state index in [-0.39, 0.29) is 17.3 Å². The van der Waals surface area contributed by atoms with Crippen LogP contribution < -0.4 is 9.47 Å². The van der Waals surface area contributed by atoms with Gasteiger partial charge < -0.3 is 14.4 Å². The third-order valence-corrected chi connectivity index (χ3v) is 5.39. The molecular formula is C24H21F2NO3. The Labute approximate surface area is 173 Å². The summed E-state index contributed by atoms with van der Waals surface area (Å²) in [5, 5.41) is 0. The third-order valence-electron chi connectivity index (χ3n) is 5.39. The molecule has 3 aromatic rings. The summed E-state index contributed by atoms with van der Waals surface area (Å²) in [5.74, 6) is 0.0415. The van der Waals surface area contributed by atoms with E-state index in [1.165, 1.54) is 30.3 Å². The summed E-state index contributed by atoms with van der Waals surface area (Å²) in [5.41, 5.74) is 2.92. The Morgan fingerprint density at radius 2 is 1.63 bits per heavy atom. The van der Waals surface area contributed by atoms with Crippen LogP contribution in [0.5, 0.6) is 11.5 Å².